The molecular formula is C33H31N5O. The van der Waals surface area contributed by atoms with E-state index in [-0.39, 0.29) is 5.92 Å². The molecule has 1 aliphatic heterocycles. The Hall–Kier alpha value is -4.45. The number of benzene rings is 3. The lowest BCUT2D eigenvalue weighted by Gasteiger charge is -2.36. The van der Waals surface area contributed by atoms with Crippen molar-refractivity contribution in [3.8, 4) is 16.8 Å². The van der Waals surface area contributed by atoms with Crippen molar-refractivity contribution < 1.29 is 4.79 Å². The highest BCUT2D eigenvalue weighted by Crippen LogP contribution is 2.48. The smallest absolute Gasteiger partial charge is 0.226 e. The molecule has 0 spiro atoms. The fraction of sp³-hybridized carbons (Fsp3) is 0.242. The molecule has 0 N–H and O–H groups in total. The molecule has 2 unspecified atom stereocenters. The number of piperazine rings is 1. The van der Waals surface area contributed by atoms with Gasteiger partial charge in [-0.1, -0.05) is 72.8 Å². The minimum absolute atomic E-state index is 0.123. The Morgan fingerprint density at radius 3 is 2.33 bits per heavy atom. The average molecular weight is 514 g/mol. The summed E-state index contributed by atoms with van der Waals surface area (Å²) in [6, 6.07) is 29.4. The monoisotopic (exact) mass is 513 g/mol. The summed E-state index contributed by atoms with van der Waals surface area (Å²) in [5.74, 6) is 1.73. The summed E-state index contributed by atoms with van der Waals surface area (Å²) in [5, 5.41) is 1.05. The first-order valence-electron chi connectivity index (χ1n) is 13.7. The number of hydrogen-bond acceptors (Lipinski definition) is 4. The van der Waals surface area contributed by atoms with Crippen LogP contribution in [0.5, 0.6) is 0 Å². The van der Waals surface area contributed by atoms with Crippen LogP contribution in [-0.2, 0) is 4.79 Å². The second-order valence-corrected chi connectivity index (χ2v) is 10.7. The number of anilines is 1. The van der Waals surface area contributed by atoms with Gasteiger partial charge in [0.1, 0.15) is 12.1 Å². The van der Waals surface area contributed by atoms with Crippen LogP contribution in [0, 0.1) is 12.8 Å². The Morgan fingerprint density at radius 1 is 0.846 bits per heavy atom. The zero-order chi connectivity index (χ0) is 26.3. The Balaban J connectivity index is 1.18. The third kappa shape index (κ3) is 4.36. The molecule has 2 aliphatic rings. The molecule has 2 aromatic heterocycles. The highest BCUT2D eigenvalue weighted by molar-refractivity contribution is 6.02. The number of rotatable bonds is 5. The summed E-state index contributed by atoms with van der Waals surface area (Å²) in [6.07, 6.45) is 4.82. The number of nitrogens with zero attached hydrogens (tertiary/aromatic N) is 5. The predicted octanol–water partition coefficient (Wildman–Crippen LogP) is 5.85. The van der Waals surface area contributed by atoms with E-state index in [2.05, 4.69) is 100 Å². The number of aromatic nitrogens is 3. The molecule has 7 rings (SSSR count). The SMILES string of the molecule is Cc1cccc(-n2cc(-c3ccccc3)c3c(N4CCN(C(=O)C5CC5c5ccccc5)CC4)ncnc32)c1. The molecule has 5 aromatic rings. The molecule has 2 atom stereocenters. The summed E-state index contributed by atoms with van der Waals surface area (Å²) in [6.45, 7) is 5.04. The standard InChI is InChI=1S/C33H31N5O/c1-23-9-8-14-26(19-23)38-21-29(25-12-6-3-7-13-25)30-31(34-22-35-32(30)38)36-15-17-37(18-16-36)33(39)28-20-27(28)24-10-4-2-5-11-24/h2-14,19,21-22,27-28H,15-18,20H2,1H3. The molecule has 194 valence electrons. The number of hydrogen-bond donors (Lipinski definition) is 0. The molecule has 6 nitrogen and oxygen atoms in total. The van der Waals surface area contributed by atoms with Gasteiger partial charge in [0.15, 0.2) is 5.65 Å². The molecule has 0 radical (unpaired) electrons. The van der Waals surface area contributed by atoms with E-state index in [1.165, 1.54) is 11.1 Å². The van der Waals surface area contributed by atoms with Crippen LogP contribution in [0.1, 0.15) is 23.5 Å². The Morgan fingerprint density at radius 2 is 1.59 bits per heavy atom. The maximum atomic E-state index is 13.3. The van der Waals surface area contributed by atoms with Gasteiger partial charge in [0.2, 0.25) is 5.91 Å². The van der Waals surface area contributed by atoms with Gasteiger partial charge in [-0.05, 0) is 48.1 Å². The van der Waals surface area contributed by atoms with Crippen LogP contribution in [0.4, 0.5) is 5.82 Å². The Bertz CT molecular complexity index is 1640. The summed E-state index contributed by atoms with van der Waals surface area (Å²) >= 11 is 0. The maximum absolute atomic E-state index is 13.3. The van der Waals surface area contributed by atoms with Crippen LogP contribution in [0.2, 0.25) is 0 Å². The molecule has 6 heteroatoms. The second kappa shape index (κ2) is 9.70. The van der Waals surface area contributed by atoms with E-state index in [4.69, 9.17) is 9.97 Å². The van der Waals surface area contributed by atoms with Crippen molar-refractivity contribution in [2.24, 2.45) is 5.92 Å². The number of fused-ring (bicyclic) bond motifs is 1. The Labute approximate surface area is 228 Å². The van der Waals surface area contributed by atoms with Crippen LogP contribution in [0.15, 0.2) is 97.5 Å². The van der Waals surface area contributed by atoms with Gasteiger partial charge in [0, 0.05) is 49.5 Å². The largest absolute Gasteiger partial charge is 0.352 e. The summed E-state index contributed by atoms with van der Waals surface area (Å²) in [5.41, 5.74) is 6.72. The third-order valence-corrected chi connectivity index (χ3v) is 8.15. The van der Waals surface area contributed by atoms with Gasteiger partial charge in [-0.3, -0.25) is 4.79 Å². The van der Waals surface area contributed by atoms with Gasteiger partial charge in [0.25, 0.3) is 0 Å². The van der Waals surface area contributed by atoms with Crippen molar-refractivity contribution in [2.75, 3.05) is 31.1 Å². The lowest BCUT2D eigenvalue weighted by molar-refractivity contribution is -0.133. The summed E-state index contributed by atoms with van der Waals surface area (Å²) in [7, 11) is 0. The van der Waals surface area contributed by atoms with Gasteiger partial charge >= 0.3 is 0 Å². The van der Waals surface area contributed by atoms with Crippen LogP contribution in [0.3, 0.4) is 0 Å². The average Bonchev–Trinajstić information content (AvgIpc) is 3.70. The lowest BCUT2D eigenvalue weighted by atomic mass is 10.1. The molecule has 1 aliphatic carbocycles. The minimum Gasteiger partial charge on any atom is -0.352 e. The van der Waals surface area contributed by atoms with E-state index in [1.54, 1.807) is 6.33 Å². The lowest BCUT2D eigenvalue weighted by Crippen LogP contribution is -2.49. The van der Waals surface area contributed by atoms with Crippen molar-refractivity contribution >= 4 is 22.8 Å². The summed E-state index contributed by atoms with van der Waals surface area (Å²) in [4.78, 5) is 27.3. The number of carbonyl (C=O) groups is 1. The van der Waals surface area contributed by atoms with Crippen molar-refractivity contribution in [3.05, 3.63) is 109 Å². The highest BCUT2D eigenvalue weighted by atomic mass is 16.2. The zero-order valence-corrected chi connectivity index (χ0v) is 22.1. The maximum Gasteiger partial charge on any atom is 0.226 e. The third-order valence-electron chi connectivity index (χ3n) is 8.15. The quantitative estimate of drug-likeness (QED) is 0.296. The first kappa shape index (κ1) is 23.7. The normalized spacial score (nSPS) is 18.9. The van der Waals surface area contributed by atoms with Gasteiger partial charge in [-0.15, -0.1) is 0 Å². The predicted molar refractivity (Wildman–Crippen MR) is 155 cm³/mol. The van der Waals surface area contributed by atoms with E-state index in [9.17, 15) is 4.79 Å². The van der Waals surface area contributed by atoms with E-state index < -0.39 is 0 Å². The zero-order valence-electron chi connectivity index (χ0n) is 22.1. The first-order chi connectivity index (χ1) is 19.2. The molecule has 39 heavy (non-hydrogen) atoms. The molecular weight excluding hydrogens is 482 g/mol. The van der Waals surface area contributed by atoms with Crippen molar-refractivity contribution in [3.63, 3.8) is 0 Å². The summed E-state index contributed by atoms with van der Waals surface area (Å²) < 4.78 is 2.17. The highest BCUT2D eigenvalue weighted by Gasteiger charge is 2.46. The van der Waals surface area contributed by atoms with Crippen LogP contribution >= 0.6 is 0 Å². The van der Waals surface area contributed by atoms with Gasteiger partial charge in [-0.25, -0.2) is 9.97 Å². The fourth-order valence-electron chi connectivity index (χ4n) is 6.01. The molecule has 1 amide bonds. The van der Waals surface area contributed by atoms with E-state index in [0.29, 0.717) is 24.9 Å². The number of amides is 1. The van der Waals surface area contributed by atoms with Gasteiger partial charge in [-0.2, -0.15) is 0 Å². The molecule has 1 saturated carbocycles. The topological polar surface area (TPSA) is 54.3 Å². The molecule has 2 fully saturated rings. The molecule has 1 saturated heterocycles. The van der Waals surface area contributed by atoms with Crippen LogP contribution in [-0.4, -0.2) is 51.5 Å². The van der Waals surface area contributed by atoms with Crippen molar-refractivity contribution in [1.29, 1.82) is 0 Å². The fourth-order valence-corrected chi connectivity index (χ4v) is 6.01. The van der Waals surface area contributed by atoms with Crippen molar-refractivity contribution in [1.82, 2.24) is 19.4 Å². The van der Waals surface area contributed by atoms with Gasteiger partial charge < -0.3 is 14.4 Å². The minimum atomic E-state index is 0.123. The number of aryl methyl sites for hydroxylation is 1. The molecule has 3 aromatic carbocycles. The van der Waals surface area contributed by atoms with Crippen molar-refractivity contribution in [2.45, 2.75) is 19.3 Å². The molecule has 3 heterocycles. The number of carbonyl (C=O) groups excluding carboxylic acids is 1. The van der Waals surface area contributed by atoms with Gasteiger partial charge in [0.05, 0.1) is 5.39 Å². The second-order valence-electron chi connectivity index (χ2n) is 10.7. The molecule has 0 bridgehead atoms. The first-order valence-corrected chi connectivity index (χ1v) is 13.7. The van der Waals surface area contributed by atoms with E-state index in [1.807, 2.05) is 12.1 Å². The Kier molecular flexibility index (Phi) is 5.88. The van der Waals surface area contributed by atoms with E-state index in [0.717, 1.165) is 53.2 Å². The van der Waals surface area contributed by atoms with Crippen LogP contribution < -0.4 is 4.90 Å². The van der Waals surface area contributed by atoms with Crippen LogP contribution in [0.25, 0.3) is 27.8 Å². The van der Waals surface area contributed by atoms with E-state index >= 15 is 0 Å².